The largest absolute Gasteiger partial charge is 0.286 e. The minimum absolute atomic E-state index is 0.281. The van der Waals surface area contributed by atoms with Crippen LogP contribution in [-0.2, 0) is 4.79 Å². The van der Waals surface area contributed by atoms with E-state index in [9.17, 15) is 9.70 Å². The topological polar surface area (TPSA) is 46.5 Å². The third-order valence-electron chi connectivity index (χ3n) is 0.566. The predicted octanol–water partition coefficient (Wildman–Crippen LogP) is 1.08. The number of nitroso groups, excluding NO2 is 1. The zero-order chi connectivity index (χ0) is 5.70. The van der Waals surface area contributed by atoms with Gasteiger partial charge in [-0.15, -0.1) is 4.91 Å². The maximum Gasteiger partial charge on any atom is 0.286 e. The van der Waals surface area contributed by atoms with Crippen LogP contribution in [0.15, 0.2) is 5.18 Å². The molecular formula is C4H7NO2. The first kappa shape index (κ1) is 6.27. The van der Waals surface area contributed by atoms with Gasteiger partial charge in [0, 0.05) is 11.6 Å². The lowest BCUT2D eigenvalue weighted by atomic mass is 10.3. The first-order valence-electron chi connectivity index (χ1n) is 2.17. The number of carbonyl (C=O) groups is 1. The van der Waals surface area contributed by atoms with Gasteiger partial charge in [0.25, 0.3) is 5.91 Å². The van der Waals surface area contributed by atoms with E-state index in [1.54, 1.807) is 0 Å². The highest BCUT2D eigenvalue weighted by molar-refractivity contribution is 5.76. The molecule has 0 radical (unpaired) electrons. The quantitative estimate of drug-likeness (QED) is 0.488. The molecular weight excluding hydrogens is 94.0 g/mol. The Morgan fingerprint density at radius 1 is 1.71 bits per heavy atom. The van der Waals surface area contributed by atoms with Gasteiger partial charge >= 0.3 is 0 Å². The van der Waals surface area contributed by atoms with Gasteiger partial charge in [-0.3, -0.25) is 4.79 Å². The molecule has 3 nitrogen and oxygen atoms in total. The molecule has 0 heterocycles. The van der Waals surface area contributed by atoms with Crippen LogP contribution in [0, 0.1) is 4.91 Å². The monoisotopic (exact) mass is 101 g/mol. The summed E-state index contributed by atoms with van der Waals surface area (Å²) in [6.45, 7) is 1.82. The zero-order valence-corrected chi connectivity index (χ0v) is 4.18. The summed E-state index contributed by atoms with van der Waals surface area (Å²) in [7, 11) is 0. The number of carbonyl (C=O) groups excluding carboxylic acids is 1. The molecule has 0 rings (SSSR count). The molecule has 0 aliphatic heterocycles. The summed E-state index contributed by atoms with van der Waals surface area (Å²) in [4.78, 5) is 19.2. The van der Waals surface area contributed by atoms with E-state index in [1.165, 1.54) is 0 Å². The molecule has 0 bridgehead atoms. The minimum Gasteiger partial charge on any atom is -0.269 e. The van der Waals surface area contributed by atoms with Crippen LogP contribution in [0.5, 0.6) is 0 Å². The van der Waals surface area contributed by atoms with Crippen molar-refractivity contribution in [1.29, 1.82) is 0 Å². The lowest BCUT2D eigenvalue weighted by Crippen LogP contribution is -1.87. The van der Waals surface area contributed by atoms with E-state index in [1.807, 2.05) is 6.92 Å². The Hall–Kier alpha value is -0.730. The Bertz CT molecular complexity index is 79.8. The first-order chi connectivity index (χ1) is 3.31. The van der Waals surface area contributed by atoms with Gasteiger partial charge in [-0.2, -0.15) is 0 Å². The van der Waals surface area contributed by atoms with Crippen molar-refractivity contribution < 1.29 is 4.79 Å². The molecule has 0 N–H and O–H groups in total. The van der Waals surface area contributed by atoms with Gasteiger partial charge in [-0.05, 0) is 6.42 Å². The van der Waals surface area contributed by atoms with E-state index in [2.05, 4.69) is 5.18 Å². The first-order valence-corrected chi connectivity index (χ1v) is 2.17. The summed E-state index contributed by atoms with van der Waals surface area (Å²) in [6, 6.07) is 0. The van der Waals surface area contributed by atoms with Crippen LogP contribution in [-0.4, -0.2) is 5.91 Å². The Morgan fingerprint density at radius 3 is 2.43 bits per heavy atom. The predicted molar refractivity (Wildman–Crippen MR) is 25.7 cm³/mol. The van der Waals surface area contributed by atoms with Gasteiger partial charge in [0.15, 0.2) is 0 Å². The van der Waals surface area contributed by atoms with Crippen LogP contribution < -0.4 is 0 Å². The average molecular weight is 101 g/mol. The fraction of sp³-hybridized carbons (Fsp3) is 0.750. The standard InChI is InChI=1S/C4H7NO2/c1-2-3-4(6)5-7/h2-3H2,1H3. The number of hydrogen-bond donors (Lipinski definition) is 0. The van der Waals surface area contributed by atoms with Crippen LogP contribution in [0.2, 0.25) is 0 Å². The Balaban J connectivity index is 3.17. The second-order valence-corrected chi connectivity index (χ2v) is 1.24. The van der Waals surface area contributed by atoms with Crippen LogP contribution in [0.25, 0.3) is 0 Å². The third kappa shape index (κ3) is 3.09. The summed E-state index contributed by atoms with van der Waals surface area (Å²) in [6.07, 6.45) is 0.980. The third-order valence-corrected chi connectivity index (χ3v) is 0.566. The molecule has 0 unspecified atom stereocenters. The van der Waals surface area contributed by atoms with Crippen LogP contribution >= 0.6 is 0 Å². The SMILES string of the molecule is CCCC(=O)N=O. The van der Waals surface area contributed by atoms with Crippen molar-refractivity contribution in [1.82, 2.24) is 0 Å². The van der Waals surface area contributed by atoms with E-state index >= 15 is 0 Å². The number of amides is 1. The molecule has 1 amide bonds. The number of nitrogens with zero attached hydrogens (tertiary/aromatic N) is 1. The lowest BCUT2D eigenvalue weighted by Gasteiger charge is -1.78. The van der Waals surface area contributed by atoms with Gasteiger partial charge < -0.3 is 0 Å². The number of rotatable bonds is 2. The molecule has 0 aliphatic carbocycles. The van der Waals surface area contributed by atoms with Crippen molar-refractivity contribution in [3.8, 4) is 0 Å². The van der Waals surface area contributed by atoms with Gasteiger partial charge in [0.2, 0.25) is 0 Å². The lowest BCUT2D eigenvalue weighted by molar-refractivity contribution is -0.117. The molecule has 0 aromatic carbocycles. The summed E-state index contributed by atoms with van der Waals surface area (Å²) >= 11 is 0. The molecule has 0 spiro atoms. The normalized spacial score (nSPS) is 8.14. The van der Waals surface area contributed by atoms with Crippen LogP contribution in [0.3, 0.4) is 0 Å². The van der Waals surface area contributed by atoms with Crippen molar-refractivity contribution in [2.75, 3.05) is 0 Å². The molecule has 0 aromatic rings. The van der Waals surface area contributed by atoms with Crippen molar-refractivity contribution in [2.45, 2.75) is 19.8 Å². The molecule has 0 aromatic heterocycles. The average Bonchev–Trinajstić information content (AvgIpc) is 1.68. The maximum atomic E-state index is 9.93. The molecule has 0 fully saturated rings. The summed E-state index contributed by atoms with van der Waals surface area (Å²) in [5.74, 6) is -0.553. The maximum absolute atomic E-state index is 9.93. The summed E-state index contributed by atoms with van der Waals surface area (Å²) < 4.78 is 0. The molecule has 3 heteroatoms. The smallest absolute Gasteiger partial charge is 0.269 e. The molecule has 0 atom stereocenters. The van der Waals surface area contributed by atoms with Gasteiger partial charge in [-0.25, -0.2) is 0 Å². The van der Waals surface area contributed by atoms with Gasteiger partial charge in [0.05, 0.1) is 0 Å². The highest BCUT2D eigenvalue weighted by Crippen LogP contribution is 1.87. The molecule has 0 saturated heterocycles. The second-order valence-electron chi connectivity index (χ2n) is 1.24. The fourth-order valence-electron chi connectivity index (χ4n) is 0.260. The van der Waals surface area contributed by atoms with Gasteiger partial charge in [-0.1, -0.05) is 6.92 Å². The van der Waals surface area contributed by atoms with E-state index in [0.717, 1.165) is 0 Å². The summed E-state index contributed by atoms with van der Waals surface area (Å²) in [5, 5.41) is 2.19. The van der Waals surface area contributed by atoms with E-state index in [4.69, 9.17) is 0 Å². The minimum atomic E-state index is -0.553. The van der Waals surface area contributed by atoms with Crippen molar-refractivity contribution >= 4 is 5.91 Å². The molecule has 0 aliphatic rings. The second kappa shape index (κ2) is 3.46. The van der Waals surface area contributed by atoms with Crippen molar-refractivity contribution in [3.63, 3.8) is 0 Å². The van der Waals surface area contributed by atoms with E-state index in [0.29, 0.717) is 6.42 Å². The molecule has 0 saturated carbocycles. The highest BCUT2D eigenvalue weighted by atomic mass is 16.3. The zero-order valence-electron chi connectivity index (χ0n) is 4.18. The van der Waals surface area contributed by atoms with Crippen LogP contribution in [0.4, 0.5) is 0 Å². The van der Waals surface area contributed by atoms with Gasteiger partial charge in [0.1, 0.15) is 0 Å². The molecule has 7 heavy (non-hydrogen) atoms. The summed E-state index contributed by atoms with van der Waals surface area (Å²) in [5.41, 5.74) is 0. The fourth-order valence-corrected chi connectivity index (χ4v) is 0.260. The number of hydrogen-bond acceptors (Lipinski definition) is 2. The van der Waals surface area contributed by atoms with Crippen LogP contribution in [0.1, 0.15) is 19.8 Å². The highest BCUT2D eigenvalue weighted by Gasteiger charge is 1.93. The Kier molecular flexibility index (Phi) is 3.10. The van der Waals surface area contributed by atoms with E-state index < -0.39 is 5.91 Å². The molecule has 40 valence electrons. The van der Waals surface area contributed by atoms with Crippen molar-refractivity contribution in [2.24, 2.45) is 5.18 Å². The van der Waals surface area contributed by atoms with Crippen molar-refractivity contribution in [3.05, 3.63) is 4.91 Å². The van der Waals surface area contributed by atoms with E-state index in [-0.39, 0.29) is 6.42 Å². The Morgan fingerprint density at radius 2 is 2.29 bits per heavy atom. The Labute approximate surface area is 41.7 Å².